The van der Waals surface area contributed by atoms with E-state index in [1.54, 1.807) is 11.8 Å². The third-order valence-electron chi connectivity index (χ3n) is 1.95. The highest BCUT2D eigenvalue weighted by Crippen LogP contribution is 2.11. The summed E-state index contributed by atoms with van der Waals surface area (Å²) < 4.78 is 4.22. The van der Waals surface area contributed by atoms with Gasteiger partial charge >= 0.3 is 0 Å². The number of nitrogens with one attached hydrogen (secondary N) is 2. The molecule has 2 aromatic rings. The van der Waals surface area contributed by atoms with Gasteiger partial charge in [-0.3, -0.25) is 9.78 Å². The van der Waals surface area contributed by atoms with Gasteiger partial charge in [0.15, 0.2) is 0 Å². The summed E-state index contributed by atoms with van der Waals surface area (Å²) in [7, 11) is 0. The molecule has 2 heterocycles. The molecule has 0 spiro atoms. The zero-order valence-corrected chi connectivity index (χ0v) is 10.7. The molecule has 0 saturated heterocycles. The van der Waals surface area contributed by atoms with E-state index in [0.29, 0.717) is 5.95 Å². The lowest BCUT2D eigenvalue weighted by Gasteiger charge is -2.03. The fraction of sp³-hybridized carbons (Fsp3) is 0.300. The second-order valence-electron chi connectivity index (χ2n) is 3.25. The predicted molar refractivity (Wildman–Crippen MR) is 71.6 cm³/mol. The first-order chi connectivity index (χ1) is 8.34. The molecule has 0 aliphatic rings. The fourth-order valence-corrected chi connectivity index (χ4v) is 2.57. The van der Waals surface area contributed by atoms with Crippen LogP contribution in [0.2, 0.25) is 0 Å². The second-order valence-corrected chi connectivity index (χ2v) is 5.02. The van der Waals surface area contributed by atoms with E-state index in [4.69, 9.17) is 0 Å². The molecule has 0 saturated carbocycles. The highest BCUT2D eigenvalue weighted by molar-refractivity contribution is 7.98. The average Bonchev–Trinajstić information content (AvgIpc) is 2.82. The molecule has 2 rings (SSSR count). The molecular weight excluding hydrogens is 256 g/mol. The first kappa shape index (κ1) is 12.1. The molecule has 0 amide bonds. The van der Waals surface area contributed by atoms with Crippen molar-refractivity contribution >= 4 is 29.2 Å². The van der Waals surface area contributed by atoms with Crippen molar-refractivity contribution in [2.75, 3.05) is 17.6 Å². The van der Waals surface area contributed by atoms with Gasteiger partial charge in [0.25, 0.3) is 5.56 Å². The predicted octanol–water partition coefficient (Wildman–Crippen LogP) is 1.57. The molecule has 0 fully saturated rings. The fourth-order valence-electron chi connectivity index (χ4n) is 1.19. The molecule has 90 valence electrons. The first-order valence-corrected chi connectivity index (χ1v) is 7.10. The van der Waals surface area contributed by atoms with Crippen LogP contribution in [-0.4, -0.2) is 26.6 Å². The SMILES string of the molecule is O=c1ccnc(NCCSCc2ccsn2)[nH]1. The van der Waals surface area contributed by atoms with E-state index in [9.17, 15) is 4.79 Å². The highest BCUT2D eigenvalue weighted by Gasteiger charge is 1.96. The van der Waals surface area contributed by atoms with Gasteiger partial charge in [0.1, 0.15) is 0 Å². The summed E-state index contributed by atoms with van der Waals surface area (Å²) in [6.07, 6.45) is 1.49. The quantitative estimate of drug-likeness (QED) is 0.778. The van der Waals surface area contributed by atoms with Gasteiger partial charge in [-0.15, -0.1) is 0 Å². The minimum atomic E-state index is -0.141. The van der Waals surface area contributed by atoms with Gasteiger partial charge in [-0.1, -0.05) is 0 Å². The van der Waals surface area contributed by atoms with Crippen molar-refractivity contribution in [3.05, 3.63) is 39.8 Å². The number of thioether (sulfide) groups is 1. The normalized spacial score (nSPS) is 10.4. The smallest absolute Gasteiger partial charge is 0.252 e. The van der Waals surface area contributed by atoms with Crippen LogP contribution in [0.4, 0.5) is 5.95 Å². The molecule has 5 nitrogen and oxygen atoms in total. The van der Waals surface area contributed by atoms with E-state index >= 15 is 0 Å². The maximum atomic E-state index is 11.0. The molecular formula is C10H12N4OS2. The van der Waals surface area contributed by atoms with E-state index < -0.39 is 0 Å². The zero-order chi connectivity index (χ0) is 11.9. The van der Waals surface area contributed by atoms with Gasteiger partial charge in [0.2, 0.25) is 5.95 Å². The Labute approximate surface area is 107 Å². The van der Waals surface area contributed by atoms with Crippen LogP contribution in [0.3, 0.4) is 0 Å². The van der Waals surface area contributed by atoms with Crippen LogP contribution < -0.4 is 10.9 Å². The summed E-state index contributed by atoms with van der Waals surface area (Å²) in [6, 6.07) is 3.42. The Kier molecular flexibility index (Phi) is 4.57. The Morgan fingerprint density at radius 3 is 3.18 bits per heavy atom. The molecule has 0 aliphatic heterocycles. The Morgan fingerprint density at radius 1 is 1.47 bits per heavy atom. The van der Waals surface area contributed by atoms with Crippen molar-refractivity contribution < 1.29 is 0 Å². The number of aromatic amines is 1. The Bertz CT molecular complexity index is 497. The number of aromatic nitrogens is 3. The number of hydrogen-bond acceptors (Lipinski definition) is 6. The Hall–Kier alpha value is -1.34. The molecule has 0 atom stereocenters. The molecule has 0 unspecified atom stereocenters. The molecule has 7 heteroatoms. The van der Waals surface area contributed by atoms with E-state index in [1.165, 1.54) is 23.8 Å². The summed E-state index contributed by atoms with van der Waals surface area (Å²) in [5, 5.41) is 5.04. The molecule has 0 aliphatic carbocycles. The third-order valence-corrected chi connectivity index (χ3v) is 3.54. The molecule has 0 aromatic carbocycles. The van der Waals surface area contributed by atoms with E-state index in [0.717, 1.165) is 23.7 Å². The number of nitrogens with zero attached hydrogens (tertiary/aromatic N) is 2. The molecule has 2 N–H and O–H groups in total. The summed E-state index contributed by atoms with van der Waals surface area (Å²) in [5.41, 5.74) is 0.976. The van der Waals surface area contributed by atoms with Crippen molar-refractivity contribution in [1.82, 2.24) is 14.3 Å². The van der Waals surface area contributed by atoms with E-state index in [2.05, 4.69) is 19.7 Å². The van der Waals surface area contributed by atoms with Crippen molar-refractivity contribution in [2.24, 2.45) is 0 Å². The van der Waals surface area contributed by atoms with E-state index in [1.807, 2.05) is 11.4 Å². The summed E-state index contributed by atoms with van der Waals surface area (Å²) >= 11 is 3.27. The summed E-state index contributed by atoms with van der Waals surface area (Å²) in [6.45, 7) is 0.766. The van der Waals surface area contributed by atoms with Gasteiger partial charge in [0.05, 0.1) is 5.69 Å². The molecule has 0 radical (unpaired) electrons. The standard InChI is InChI=1S/C10H12N4OS2/c15-9-1-3-11-10(13-9)12-4-6-16-7-8-2-5-17-14-8/h1-3,5H,4,6-7H2,(H2,11,12,13,15). The van der Waals surface area contributed by atoms with Crippen molar-refractivity contribution in [2.45, 2.75) is 5.75 Å². The van der Waals surface area contributed by atoms with E-state index in [-0.39, 0.29) is 5.56 Å². The van der Waals surface area contributed by atoms with Crippen LogP contribution in [0.1, 0.15) is 5.69 Å². The number of H-pyrrole nitrogens is 1. The number of hydrogen-bond donors (Lipinski definition) is 2. The zero-order valence-electron chi connectivity index (χ0n) is 9.05. The molecule has 0 bridgehead atoms. The lowest BCUT2D eigenvalue weighted by atomic mass is 10.5. The van der Waals surface area contributed by atoms with Crippen LogP contribution in [0, 0.1) is 0 Å². The monoisotopic (exact) mass is 268 g/mol. The van der Waals surface area contributed by atoms with Crippen LogP contribution in [0.5, 0.6) is 0 Å². The summed E-state index contributed by atoms with van der Waals surface area (Å²) in [5.74, 6) is 2.38. The Balaban J connectivity index is 1.65. The second kappa shape index (κ2) is 6.41. The topological polar surface area (TPSA) is 70.7 Å². The largest absolute Gasteiger partial charge is 0.355 e. The third kappa shape index (κ3) is 4.20. The minimum Gasteiger partial charge on any atom is -0.355 e. The average molecular weight is 268 g/mol. The lowest BCUT2D eigenvalue weighted by molar-refractivity contribution is 1.06. The van der Waals surface area contributed by atoms with Gasteiger partial charge in [-0.25, -0.2) is 4.98 Å². The van der Waals surface area contributed by atoms with Gasteiger partial charge in [-0.05, 0) is 17.6 Å². The van der Waals surface area contributed by atoms with Gasteiger partial charge in [-0.2, -0.15) is 16.1 Å². The van der Waals surface area contributed by atoms with Crippen LogP contribution in [-0.2, 0) is 5.75 Å². The Morgan fingerprint density at radius 2 is 2.41 bits per heavy atom. The number of rotatable bonds is 6. The van der Waals surface area contributed by atoms with Crippen LogP contribution in [0.15, 0.2) is 28.5 Å². The highest BCUT2D eigenvalue weighted by atomic mass is 32.2. The van der Waals surface area contributed by atoms with Gasteiger partial charge < -0.3 is 5.32 Å². The van der Waals surface area contributed by atoms with Crippen LogP contribution >= 0.6 is 23.3 Å². The molecule has 17 heavy (non-hydrogen) atoms. The van der Waals surface area contributed by atoms with Crippen LogP contribution in [0.25, 0.3) is 0 Å². The maximum Gasteiger partial charge on any atom is 0.252 e. The number of anilines is 1. The minimum absolute atomic E-state index is 0.141. The lowest BCUT2D eigenvalue weighted by Crippen LogP contribution is -2.13. The van der Waals surface area contributed by atoms with Gasteiger partial charge in [0, 0.05) is 35.7 Å². The molecule has 2 aromatic heterocycles. The van der Waals surface area contributed by atoms with Crippen molar-refractivity contribution in [3.8, 4) is 0 Å². The van der Waals surface area contributed by atoms with Crippen molar-refractivity contribution in [3.63, 3.8) is 0 Å². The maximum absolute atomic E-state index is 11.0. The first-order valence-electron chi connectivity index (χ1n) is 5.11. The van der Waals surface area contributed by atoms with Crippen molar-refractivity contribution in [1.29, 1.82) is 0 Å². The summed E-state index contributed by atoms with van der Waals surface area (Å²) in [4.78, 5) is 17.6.